The highest BCUT2D eigenvalue weighted by atomic mass is 16.6. The fraction of sp³-hybridized carbons (Fsp3) is 0.632. The van der Waals surface area contributed by atoms with Crippen molar-refractivity contribution in [2.24, 2.45) is 0 Å². The van der Waals surface area contributed by atoms with Crippen LogP contribution in [-0.2, 0) is 4.74 Å². The highest BCUT2D eigenvalue weighted by Crippen LogP contribution is 2.31. The second kappa shape index (κ2) is 7.82. The molecule has 0 radical (unpaired) electrons. The van der Waals surface area contributed by atoms with E-state index in [1.807, 2.05) is 4.90 Å². The summed E-state index contributed by atoms with van der Waals surface area (Å²) in [4.78, 5) is 27.8. The van der Waals surface area contributed by atoms with E-state index in [0.29, 0.717) is 17.4 Å². The Morgan fingerprint density at radius 2 is 2.00 bits per heavy atom. The minimum absolute atomic E-state index is 0.00558. The number of nitro benzene ring substituents is 1. The van der Waals surface area contributed by atoms with Crippen molar-refractivity contribution in [1.82, 2.24) is 10.2 Å². The van der Waals surface area contributed by atoms with E-state index in [1.54, 1.807) is 12.1 Å². The molecule has 2 heterocycles. The summed E-state index contributed by atoms with van der Waals surface area (Å²) in [5.74, 6) is -0.228. The third kappa shape index (κ3) is 4.39. The molecule has 8 nitrogen and oxygen atoms in total. The Balaban J connectivity index is 1.41. The van der Waals surface area contributed by atoms with Crippen molar-refractivity contribution >= 4 is 17.3 Å². The van der Waals surface area contributed by atoms with E-state index in [4.69, 9.17) is 4.74 Å². The van der Waals surface area contributed by atoms with Gasteiger partial charge in [0.15, 0.2) is 0 Å². The summed E-state index contributed by atoms with van der Waals surface area (Å²) in [5.41, 5.74) is 0.958. The monoisotopic (exact) mass is 374 g/mol. The van der Waals surface area contributed by atoms with Gasteiger partial charge in [0.05, 0.1) is 11.0 Å². The molecule has 146 valence electrons. The average molecular weight is 374 g/mol. The number of piperazine rings is 1. The Morgan fingerprint density at radius 1 is 1.22 bits per heavy atom. The van der Waals surface area contributed by atoms with E-state index in [-0.39, 0.29) is 22.6 Å². The largest absolute Gasteiger partial charge is 0.377 e. The zero-order valence-electron chi connectivity index (χ0n) is 15.4. The quantitative estimate of drug-likeness (QED) is 0.603. The van der Waals surface area contributed by atoms with Crippen molar-refractivity contribution in [3.05, 3.63) is 33.9 Å². The molecule has 1 N–H and O–H groups in total. The molecule has 3 fully saturated rings. The number of benzene rings is 1. The maximum atomic E-state index is 12.2. The molecule has 0 spiro atoms. The molecule has 0 bridgehead atoms. The SMILES string of the molecule is O=C(NC1CC1)c1ccc(N2CCN(CC3CCCO3)CC2)c([N+](=O)[O-])c1. The lowest BCUT2D eigenvalue weighted by Crippen LogP contribution is -2.48. The van der Waals surface area contributed by atoms with Crippen LogP contribution in [0.15, 0.2) is 18.2 Å². The maximum absolute atomic E-state index is 12.2. The van der Waals surface area contributed by atoms with Crippen LogP contribution in [0.2, 0.25) is 0 Å². The molecule has 27 heavy (non-hydrogen) atoms. The van der Waals surface area contributed by atoms with Crippen molar-refractivity contribution in [2.45, 2.75) is 37.8 Å². The Bertz CT molecular complexity index is 708. The Morgan fingerprint density at radius 3 is 2.63 bits per heavy atom. The molecule has 1 atom stereocenters. The maximum Gasteiger partial charge on any atom is 0.293 e. The molecule has 2 saturated heterocycles. The van der Waals surface area contributed by atoms with Crippen LogP contribution in [0.25, 0.3) is 0 Å². The summed E-state index contributed by atoms with van der Waals surface area (Å²) in [6.07, 6.45) is 4.56. The molecule has 2 aliphatic heterocycles. The van der Waals surface area contributed by atoms with Crippen LogP contribution in [0, 0.1) is 10.1 Å². The lowest BCUT2D eigenvalue weighted by Gasteiger charge is -2.36. The molecule has 1 aliphatic carbocycles. The van der Waals surface area contributed by atoms with Crippen LogP contribution in [0.4, 0.5) is 11.4 Å². The molecule has 8 heteroatoms. The normalized spacial score (nSPS) is 23.4. The van der Waals surface area contributed by atoms with Gasteiger partial charge in [-0.15, -0.1) is 0 Å². The summed E-state index contributed by atoms with van der Waals surface area (Å²) in [7, 11) is 0. The highest BCUT2D eigenvalue weighted by molar-refractivity contribution is 5.96. The van der Waals surface area contributed by atoms with Gasteiger partial charge < -0.3 is 15.0 Å². The van der Waals surface area contributed by atoms with Gasteiger partial charge in [0.25, 0.3) is 11.6 Å². The Labute approximate surface area is 158 Å². The molecule has 1 saturated carbocycles. The van der Waals surface area contributed by atoms with Gasteiger partial charge in [0.2, 0.25) is 0 Å². The Hall–Kier alpha value is -2.19. The first-order valence-corrected chi connectivity index (χ1v) is 9.78. The molecule has 1 aromatic rings. The second-order valence-corrected chi connectivity index (χ2v) is 7.63. The lowest BCUT2D eigenvalue weighted by atomic mass is 10.1. The lowest BCUT2D eigenvalue weighted by molar-refractivity contribution is -0.384. The van der Waals surface area contributed by atoms with Crippen molar-refractivity contribution in [2.75, 3.05) is 44.2 Å². The van der Waals surface area contributed by atoms with E-state index in [0.717, 1.165) is 65.0 Å². The van der Waals surface area contributed by atoms with Gasteiger partial charge in [-0.1, -0.05) is 0 Å². The predicted molar refractivity (Wildman–Crippen MR) is 101 cm³/mol. The van der Waals surface area contributed by atoms with Gasteiger partial charge in [0, 0.05) is 57.0 Å². The van der Waals surface area contributed by atoms with E-state index < -0.39 is 0 Å². The van der Waals surface area contributed by atoms with Gasteiger partial charge in [-0.2, -0.15) is 0 Å². The van der Waals surface area contributed by atoms with Crippen LogP contribution in [-0.4, -0.2) is 67.2 Å². The topological polar surface area (TPSA) is 88.0 Å². The van der Waals surface area contributed by atoms with E-state index >= 15 is 0 Å². The molecular formula is C19H26N4O4. The third-order valence-electron chi connectivity index (χ3n) is 5.55. The van der Waals surface area contributed by atoms with E-state index in [9.17, 15) is 14.9 Å². The van der Waals surface area contributed by atoms with Crippen molar-refractivity contribution in [3.8, 4) is 0 Å². The summed E-state index contributed by atoms with van der Waals surface area (Å²) >= 11 is 0. The zero-order chi connectivity index (χ0) is 18.8. The third-order valence-corrected chi connectivity index (χ3v) is 5.55. The van der Waals surface area contributed by atoms with Gasteiger partial charge in [-0.05, 0) is 37.8 Å². The number of nitrogens with zero attached hydrogens (tertiary/aromatic N) is 3. The number of amides is 1. The van der Waals surface area contributed by atoms with Gasteiger partial charge in [-0.25, -0.2) is 0 Å². The summed E-state index contributed by atoms with van der Waals surface area (Å²) < 4.78 is 5.70. The minimum Gasteiger partial charge on any atom is -0.377 e. The minimum atomic E-state index is -0.387. The molecule has 1 aromatic carbocycles. The smallest absolute Gasteiger partial charge is 0.293 e. The standard InChI is InChI=1S/C19H26N4O4/c24-19(20-15-4-5-15)14-3-6-17(18(12-14)23(25)26)22-9-7-21(8-10-22)13-16-2-1-11-27-16/h3,6,12,15-16H,1-2,4-5,7-11,13H2,(H,20,24). The second-order valence-electron chi connectivity index (χ2n) is 7.63. The first-order valence-electron chi connectivity index (χ1n) is 9.78. The van der Waals surface area contributed by atoms with Crippen molar-refractivity contribution < 1.29 is 14.5 Å². The highest BCUT2D eigenvalue weighted by Gasteiger charge is 2.28. The van der Waals surface area contributed by atoms with Crippen LogP contribution in [0.5, 0.6) is 0 Å². The predicted octanol–water partition coefficient (Wildman–Crippen LogP) is 1.79. The number of rotatable bonds is 6. The summed E-state index contributed by atoms with van der Waals surface area (Å²) in [6.45, 7) is 5.00. The fourth-order valence-corrected chi connectivity index (χ4v) is 3.82. The number of hydrogen-bond donors (Lipinski definition) is 1. The van der Waals surface area contributed by atoms with Crippen molar-refractivity contribution in [1.29, 1.82) is 0 Å². The average Bonchev–Trinajstić information content (AvgIpc) is 3.34. The molecule has 1 unspecified atom stereocenters. The van der Waals surface area contributed by atoms with E-state index in [1.165, 1.54) is 6.07 Å². The van der Waals surface area contributed by atoms with Crippen LogP contribution >= 0.6 is 0 Å². The Kier molecular flexibility index (Phi) is 5.27. The van der Waals surface area contributed by atoms with Crippen LogP contribution < -0.4 is 10.2 Å². The molecule has 3 aliphatic rings. The number of carbonyl (C=O) groups is 1. The van der Waals surface area contributed by atoms with Crippen molar-refractivity contribution in [3.63, 3.8) is 0 Å². The molecule has 4 rings (SSSR count). The number of hydrogen-bond acceptors (Lipinski definition) is 6. The van der Waals surface area contributed by atoms with Gasteiger partial charge in [-0.3, -0.25) is 19.8 Å². The number of carbonyl (C=O) groups excluding carboxylic acids is 1. The van der Waals surface area contributed by atoms with E-state index in [2.05, 4.69) is 10.2 Å². The molecular weight excluding hydrogens is 348 g/mol. The first-order chi connectivity index (χ1) is 13.1. The number of ether oxygens (including phenoxy) is 1. The number of nitrogens with one attached hydrogen (secondary N) is 1. The zero-order valence-corrected chi connectivity index (χ0v) is 15.4. The van der Waals surface area contributed by atoms with Gasteiger partial charge >= 0.3 is 0 Å². The molecule has 0 aromatic heterocycles. The van der Waals surface area contributed by atoms with Crippen LogP contribution in [0.1, 0.15) is 36.0 Å². The molecule has 1 amide bonds. The van der Waals surface area contributed by atoms with Gasteiger partial charge in [0.1, 0.15) is 5.69 Å². The summed E-state index contributed by atoms with van der Waals surface area (Å²) in [5, 5.41) is 14.5. The first kappa shape index (κ1) is 18.2. The van der Waals surface area contributed by atoms with Crippen LogP contribution in [0.3, 0.4) is 0 Å². The summed E-state index contributed by atoms with van der Waals surface area (Å²) in [6, 6.07) is 5.05. The fourth-order valence-electron chi connectivity index (χ4n) is 3.82. The number of nitro groups is 1. The number of anilines is 1.